The summed E-state index contributed by atoms with van der Waals surface area (Å²) in [5.41, 5.74) is 4.19. The molecule has 1 heterocycles. The number of unbranched alkanes of at least 4 members (excludes halogenated alkanes) is 1. The third-order valence-electron chi connectivity index (χ3n) is 2.35. The van der Waals surface area contributed by atoms with Gasteiger partial charge >= 0.3 is 0 Å². The molecule has 1 heteroatoms. The average molecular weight is 177 g/mol. The molecular formula is C12H19N. The zero-order valence-electron chi connectivity index (χ0n) is 8.93. The van der Waals surface area contributed by atoms with Crippen LogP contribution in [0.5, 0.6) is 0 Å². The molecule has 13 heavy (non-hydrogen) atoms. The van der Waals surface area contributed by atoms with E-state index in [1.807, 2.05) is 6.21 Å². The Morgan fingerprint density at radius 2 is 2.15 bits per heavy atom. The first-order chi connectivity index (χ1) is 6.24. The summed E-state index contributed by atoms with van der Waals surface area (Å²) in [6, 6.07) is 0. The predicted octanol–water partition coefficient (Wildman–Crippen LogP) is 3.52. The molecule has 0 atom stereocenters. The van der Waals surface area contributed by atoms with Crippen molar-refractivity contribution in [3.05, 3.63) is 22.8 Å². The molecule has 0 spiro atoms. The van der Waals surface area contributed by atoms with Gasteiger partial charge in [0.15, 0.2) is 0 Å². The van der Waals surface area contributed by atoms with E-state index in [9.17, 15) is 0 Å². The van der Waals surface area contributed by atoms with Gasteiger partial charge in [0.1, 0.15) is 0 Å². The van der Waals surface area contributed by atoms with Crippen molar-refractivity contribution in [1.29, 1.82) is 0 Å². The van der Waals surface area contributed by atoms with Crippen molar-refractivity contribution in [2.75, 3.05) is 6.54 Å². The van der Waals surface area contributed by atoms with Crippen LogP contribution in [0, 0.1) is 0 Å². The molecule has 0 amide bonds. The minimum absolute atomic E-state index is 0.868. The number of aliphatic imine (C=N–C) groups is 1. The zero-order valence-corrected chi connectivity index (χ0v) is 8.93. The van der Waals surface area contributed by atoms with Crippen LogP contribution in [-0.2, 0) is 0 Å². The monoisotopic (exact) mass is 177 g/mol. The molecule has 1 aliphatic heterocycles. The number of allylic oxidation sites excluding steroid dienone is 3. The molecule has 1 rings (SSSR count). The molecule has 0 aromatic heterocycles. The van der Waals surface area contributed by atoms with Gasteiger partial charge in [-0.05, 0) is 37.8 Å². The number of hydrogen-bond donors (Lipinski definition) is 0. The summed E-state index contributed by atoms with van der Waals surface area (Å²) in [6.45, 7) is 7.41. The van der Waals surface area contributed by atoms with Crippen LogP contribution in [0.4, 0.5) is 0 Å². The smallest absolute Gasteiger partial charge is 0.0600 e. The number of hydrogen-bond acceptors (Lipinski definition) is 1. The SMILES string of the molecule is CCCCC1=C(C)C=NCC(C)=C1. The summed E-state index contributed by atoms with van der Waals surface area (Å²) in [5.74, 6) is 0. The van der Waals surface area contributed by atoms with Crippen molar-refractivity contribution in [1.82, 2.24) is 0 Å². The quantitative estimate of drug-likeness (QED) is 0.625. The van der Waals surface area contributed by atoms with Gasteiger partial charge in [-0.1, -0.05) is 25.0 Å². The highest BCUT2D eigenvalue weighted by Crippen LogP contribution is 2.17. The average Bonchev–Trinajstić information content (AvgIpc) is 2.25. The second-order valence-corrected chi connectivity index (χ2v) is 3.77. The lowest BCUT2D eigenvalue weighted by Gasteiger charge is -2.03. The van der Waals surface area contributed by atoms with Crippen molar-refractivity contribution in [2.24, 2.45) is 4.99 Å². The Balaban J connectivity index is 2.75. The van der Waals surface area contributed by atoms with E-state index >= 15 is 0 Å². The molecule has 0 bridgehead atoms. The minimum atomic E-state index is 0.868. The maximum absolute atomic E-state index is 4.34. The molecule has 0 fully saturated rings. The molecule has 72 valence electrons. The summed E-state index contributed by atoms with van der Waals surface area (Å²) in [6.07, 6.45) is 8.06. The summed E-state index contributed by atoms with van der Waals surface area (Å²) in [4.78, 5) is 4.34. The lowest BCUT2D eigenvalue weighted by Crippen LogP contribution is -1.87. The molecule has 0 saturated carbocycles. The van der Waals surface area contributed by atoms with E-state index in [2.05, 4.69) is 31.8 Å². The summed E-state index contributed by atoms with van der Waals surface area (Å²) in [7, 11) is 0. The Morgan fingerprint density at radius 3 is 2.85 bits per heavy atom. The largest absolute Gasteiger partial charge is 0.288 e. The van der Waals surface area contributed by atoms with Crippen LogP contribution in [0.2, 0.25) is 0 Å². The fourth-order valence-electron chi connectivity index (χ4n) is 1.50. The highest BCUT2D eigenvalue weighted by atomic mass is 14.7. The van der Waals surface area contributed by atoms with Crippen LogP contribution in [0.15, 0.2) is 27.8 Å². The number of nitrogens with zero attached hydrogens (tertiary/aromatic N) is 1. The summed E-state index contributed by atoms with van der Waals surface area (Å²) >= 11 is 0. The van der Waals surface area contributed by atoms with Crippen molar-refractivity contribution < 1.29 is 0 Å². The Labute approximate surface area is 81.3 Å². The van der Waals surface area contributed by atoms with E-state index in [0.29, 0.717) is 0 Å². The van der Waals surface area contributed by atoms with Gasteiger partial charge in [0.25, 0.3) is 0 Å². The molecule has 0 aliphatic carbocycles. The van der Waals surface area contributed by atoms with Gasteiger partial charge in [-0.2, -0.15) is 0 Å². The normalized spacial score (nSPS) is 17.3. The van der Waals surface area contributed by atoms with Crippen LogP contribution < -0.4 is 0 Å². The van der Waals surface area contributed by atoms with E-state index in [-0.39, 0.29) is 0 Å². The van der Waals surface area contributed by atoms with E-state index in [1.54, 1.807) is 0 Å². The van der Waals surface area contributed by atoms with Crippen LogP contribution >= 0.6 is 0 Å². The Bertz CT molecular complexity index is 256. The van der Waals surface area contributed by atoms with Crippen LogP contribution in [0.3, 0.4) is 0 Å². The van der Waals surface area contributed by atoms with Gasteiger partial charge in [-0.15, -0.1) is 0 Å². The second kappa shape index (κ2) is 5.00. The minimum Gasteiger partial charge on any atom is -0.288 e. The fraction of sp³-hybridized carbons (Fsp3) is 0.583. The van der Waals surface area contributed by atoms with Crippen molar-refractivity contribution in [3.63, 3.8) is 0 Å². The van der Waals surface area contributed by atoms with Crippen LogP contribution in [0.1, 0.15) is 40.0 Å². The highest BCUT2D eigenvalue weighted by molar-refractivity contribution is 5.80. The van der Waals surface area contributed by atoms with Gasteiger partial charge in [0.2, 0.25) is 0 Å². The second-order valence-electron chi connectivity index (χ2n) is 3.77. The molecule has 0 saturated heterocycles. The highest BCUT2D eigenvalue weighted by Gasteiger charge is 2.02. The summed E-state index contributed by atoms with van der Waals surface area (Å²) in [5, 5.41) is 0. The zero-order chi connectivity index (χ0) is 9.68. The number of rotatable bonds is 3. The maximum atomic E-state index is 4.34. The molecular weight excluding hydrogens is 158 g/mol. The molecule has 1 nitrogen and oxygen atoms in total. The summed E-state index contributed by atoms with van der Waals surface area (Å²) < 4.78 is 0. The van der Waals surface area contributed by atoms with Gasteiger partial charge < -0.3 is 0 Å². The molecule has 1 aliphatic rings. The first-order valence-electron chi connectivity index (χ1n) is 5.10. The van der Waals surface area contributed by atoms with E-state index in [1.165, 1.54) is 36.0 Å². The van der Waals surface area contributed by atoms with E-state index in [0.717, 1.165) is 6.54 Å². The van der Waals surface area contributed by atoms with Crippen molar-refractivity contribution >= 4 is 6.21 Å². The molecule has 0 aromatic carbocycles. The Kier molecular flexibility index (Phi) is 3.94. The van der Waals surface area contributed by atoms with Gasteiger partial charge in [0.05, 0.1) is 6.54 Å². The third kappa shape index (κ3) is 3.17. The fourth-order valence-corrected chi connectivity index (χ4v) is 1.50. The van der Waals surface area contributed by atoms with Gasteiger partial charge in [-0.25, -0.2) is 0 Å². The molecule has 0 aromatic rings. The Morgan fingerprint density at radius 1 is 1.38 bits per heavy atom. The van der Waals surface area contributed by atoms with Gasteiger partial charge in [-0.3, -0.25) is 4.99 Å². The van der Waals surface area contributed by atoms with E-state index in [4.69, 9.17) is 0 Å². The van der Waals surface area contributed by atoms with Gasteiger partial charge in [0, 0.05) is 6.21 Å². The Hall–Kier alpha value is -0.850. The standard InChI is InChI=1S/C12H19N/c1-4-5-6-12-7-10(2)8-13-9-11(12)3/h7,9H,4-6,8H2,1-3H3. The molecule has 0 unspecified atom stereocenters. The maximum Gasteiger partial charge on any atom is 0.0600 e. The van der Waals surface area contributed by atoms with E-state index < -0.39 is 0 Å². The van der Waals surface area contributed by atoms with Crippen LogP contribution in [-0.4, -0.2) is 12.8 Å². The first kappa shape index (κ1) is 10.2. The van der Waals surface area contributed by atoms with Crippen LogP contribution in [0.25, 0.3) is 0 Å². The van der Waals surface area contributed by atoms with Crippen molar-refractivity contribution in [3.8, 4) is 0 Å². The topological polar surface area (TPSA) is 12.4 Å². The lowest BCUT2D eigenvalue weighted by atomic mass is 10.0. The first-order valence-corrected chi connectivity index (χ1v) is 5.10. The molecule has 0 radical (unpaired) electrons. The lowest BCUT2D eigenvalue weighted by molar-refractivity contribution is 0.794. The van der Waals surface area contributed by atoms with Crippen molar-refractivity contribution in [2.45, 2.75) is 40.0 Å². The third-order valence-corrected chi connectivity index (χ3v) is 2.35. The molecule has 0 N–H and O–H groups in total. The predicted molar refractivity (Wildman–Crippen MR) is 59.3 cm³/mol.